The molecule has 0 bridgehead atoms. The van der Waals surface area contributed by atoms with Gasteiger partial charge in [-0.3, -0.25) is 0 Å². The molecule has 0 atom stereocenters. The first-order valence-corrected chi connectivity index (χ1v) is 3.55. The zero-order chi connectivity index (χ0) is 9.14. The van der Waals surface area contributed by atoms with E-state index in [9.17, 15) is 0 Å². The molecule has 0 heterocycles. The molecule has 12 heavy (non-hydrogen) atoms. The van der Waals surface area contributed by atoms with Crippen molar-refractivity contribution in [3.05, 3.63) is 46.1 Å². The third-order valence-corrected chi connectivity index (χ3v) is 1.87. The Morgan fingerprint density at radius 2 is 1.75 bits per heavy atom. The highest BCUT2D eigenvalue weighted by Gasteiger charge is 2.02. The molecule has 0 N–H and O–H groups in total. The van der Waals surface area contributed by atoms with Crippen LogP contribution in [-0.4, -0.2) is 0 Å². The van der Waals surface area contributed by atoms with Crippen LogP contribution in [0.4, 0.5) is 11.4 Å². The number of rotatable bonds is 0. The molecule has 58 valence electrons. The van der Waals surface area contributed by atoms with Gasteiger partial charge in [-0.15, -0.1) is 0 Å². The van der Waals surface area contributed by atoms with Gasteiger partial charge in [0.1, 0.15) is 0 Å². The van der Waals surface area contributed by atoms with E-state index in [0.717, 1.165) is 11.1 Å². The smallest absolute Gasteiger partial charge is 0.180 e. The van der Waals surface area contributed by atoms with Gasteiger partial charge in [-0.1, -0.05) is 17.7 Å². The summed E-state index contributed by atoms with van der Waals surface area (Å²) in [6, 6.07) is 3.43. The van der Waals surface area contributed by atoms with Gasteiger partial charge in [0.25, 0.3) is 0 Å². The second-order valence-corrected chi connectivity index (χ2v) is 2.63. The molecule has 0 aliphatic rings. The number of benzene rings is 1. The van der Waals surface area contributed by atoms with E-state index in [1.54, 1.807) is 12.1 Å². The molecule has 1 aromatic rings. The van der Waals surface area contributed by atoms with Crippen molar-refractivity contribution < 1.29 is 0 Å². The van der Waals surface area contributed by atoms with Crippen LogP contribution in [0, 0.1) is 27.0 Å². The predicted molar refractivity (Wildman–Crippen MR) is 48.4 cm³/mol. The summed E-state index contributed by atoms with van der Waals surface area (Å²) in [5, 5.41) is 0. The Morgan fingerprint density at radius 3 is 2.25 bits per heavy atom. The van der Waals surface area contributed by atoms with Gasteiger partial charge < -0.3 is 0 Å². The van der Waals surface area contributed by atoms with Crippen LogP contribution in [0.3, 0.4) is 0 Å². The fourth-order valence-electron chi connectivity index (χ4n) is 1.00. The molecule has 0 fully saturated rings. The van der Waals surface area contributed by atoms with Crippen molar-refractivity contribution in [3.8, 4) is 0 Å². The molecular formula is C10H8N2. The Labute approximate surface area is 72.1 Å². The molecule has 1 rings (SSSR count). The quantitative estimate of drug-likeness (QED) is 0.509. The van der Waals surface area contributed by atoms with Gasteiger partial charge in [0.2, 0.25) is 0 Å². The molecule has 0 saturated heterocycles. The molecule has 1 aromatic carbocycles. The minimum atomic E-state index is 0.545. The minimum Gasteiger partial charge on any atom is -0.239 e. The van der Waals surface area contributed by atoms with E-state index in [1.165, 1.54) is 0 Å². The van der Waals surface area contributed by atoms with E-state index < -0.39 is 0 Å². The number of nitrogens with zero attached hydrogens (tertiary/aromatic N) is 2. The van der Waals surface area contributed by atoms with Crippen LogP contribution in [0.15, 0.2) is 12.1 Å². The summed E-state index contributed by atoms with van der Waals surface area (Å²) in [4.78, 5) is 6.63. The van der Waals surface area contributed by atoms with Gasteiger partial charge in [-0.05, 0) is 19.4 Å². The molecule has 0 amide bonds. The maximum Gasteiger partial charge on any atom is 0.180 e. The van der Waals surface area contributed by atoms with Crippen molar-refractivity contribution in [1.82, 2.24) is 0 Å². The van der Waals surface area contributed by atoms with E-state index in [0.29, 0.717) is 11.4 Å². The van der Waals surface area contributed by atoms with Crippen molar-refractivity contribution in [2.45, 2.75) is 13.8 Å². The van der Waals surface area contributed by atoms with Gasteiger partial charge in [0, 0.05) is 0 Å². The molecule has 2 nitrogen and oxygen atoms in total. The summed E-state index contributed by atoms with van der Waals surface area (Å²) in [6.45, 7) is 17.5. The number of hydrogen-bond acceptors (Lipinski definition) is 0. The highest BCUT2D eigenvalue weighted by molar-refractivity contribution is 5.64. The summed E-state index contributed by atoms with van der Waals surface area (Å²) in [5.41, 5.74) is 3.11. The zero-order valence-electron chi connectivity index (χ0n) is 7.05. The van der Waals surface area contributed by atoms with E-state index >= 15 is 0 Å². The summed E-state index contributed by atoms with van der Waals surface area (Å²) < 4.78 is 0. The van der Waals surface area contributed by atoms with Gasteiger partial charge in [0.05, 0.1) is 13.1 Å². The van der Waals surface area contributed by atoms with E-state index in [1.807, 2.05) is 13.8 Å². The third kappa shape index (κ3) is 1.28. The lowest BCUT2D eigenvalue weighted by atomic mass is 10.1. The lowest BCUT2D eigenvalue weighted by Gasteiger charge is -2.02. The average Bonchev–Trinajstić information content (AvgIpc) is 2.09. The largest absolute Gasteiger partial charge is 0.239 e. The van der Waals surface area contributed by atoms with Crippen molar-refractivity contribution in [3.63, 3.8) is 0 Å². The van der Waals surface area contributed by atoms with E-state index in [2.05, 4.69) is 9.69 Å². The first-order chi connectivity index (χ1) is 5.69. The highest BCUT2D eigenvalue weighted by Crippen LogP contribution is 2.28. The van der Waals surface area contributed by atoms with Crippen LogP contribution < -0.4 is 0 Å². The molecule has 0 spiro atoms. The average molecular weight is 156 g/mol. The molecule has 0 aliphatic heterocycles. The first kappa shape index (κ1) is 8.30. The summed E-state index contributed by atoms with van der Waals surface area (Å²) in [7, 11) is 0. The Bertz CT molecular complexity index is 392. The molecule has 0 radical (unpaired) electrons. The van der Waals surface area contributed by atoms with Crippen LogP contribution in [0.25, 0.3) is 9.69 Å². The van der Waals surface area contributed by atoms with E-state index in [-0.39, 0.29) is 0 Å². The van der Waals surface area contributed by atoms with Crippen molar-refractivity contribution in [2.24, 2.45) is 0 Å². The van der Waals surface area contributed by atoms with E-state index in [4.69, 9.17) is 13.1 Å². The standard InChI is InChI=1S/C10H8N2/c1-7-5-9(11-3)6-10(12-4)8(7)2/h5-6H,1-2H3. The Morgan fingerprint density at radius 1 is 1.08 bits per heavy atom. The molecular weight excluding hydrogens is 148 g/mol. The van der Waals surface area contributed by atoms with Crippen molar-refractivity contribution in [2.75, 3.05) is 0 Å². The molecule has 0 unspecified atom stereocenters. The lowest BCUT2D eigenvalue weighted by Crippen LogP contribution is -1.78. The maximum atomic E-state index is 6.88. The monoisotopic (exact) mass is 156 g/mol. The first-order valence-electron chi connectivity index (χ1n) is 3.55. The van der Waals surface area contributed by atoms with Crippen LogP contribution in [0.1, 0.15) is 11.1 Å². The summed E-state index contributed by atoms with van der Waals surface area (Å²) in [5.74, 6) is 0. The summed E-state index contributed by atoms with van der Waals surface area (Å²) >= 11 is 0. The maximum absolute atomic E-state index is 6.88. The van der Waals surface area contributed by atoms with Gasteiger partial charge in [0.15, 0.2) is 11.4 Å². The van der Waals surface area contributed by atoms with Crippen LogP contribution >= 0.6 is 0 Å². The number of hydrogen-bond donors (Lipinski definition) is 0. The molecule has 0 saturated carbocycles. The normalized spacial score (nSPS) is 8.67. The highest BCUT2D eigenvalue weighted by atomic mass is 14.7. The summed E-state index contributed by atoms with van der Waals surface area (Å²) in [6.07, 6.45) is 0. The zero-order valence-corrected chi connectivity index (χ0v) is 7.05. The fraction of sp³-hybridized carbons (Fsp3) is 0.200. The Kier molecular flexibility index (Phi) is 2.12. The lowest BCUT2D eigenvalue weighted by molar-refractivity contribution is 1.36. The second-order valence-electron chi connectivity index (χ2n) is 2.63. The number of aryl methyl sites for hydroxylation is 1. The van der Waals surface area contributed by atoms with Gasteiger partial charge in [-0.25, -0.2) is 9.69 Å². The Hall–Kier alpha value is -1.80. The van der Waals surface area contributed by atoms with Crippen molar-refractivity contribution in [1.29, 1.82) is 0 Å². The SMILES string of the molecule is [C-]#[N+]c1cc(C)c(C)c([N+]#[C-])c1. The molecule has 0 aliphatic carbocycles. The van der Waals surface area contributed by atoms with Crippen LogP contribution in [0.5, 0.6) is 0 Å². The molecule has 0 aromatic heterocycles. The molecule has 2 heteroatoms. The second kappa shape index (κ2) is 3.07. The van der Waals surface area contributed by atoms with Crippen LogP contribution in [-0.2, 0) is 0 Å². The van der Waals surface area contributed by atoms with Gasteiger partial charge in [-0.2, -0.15) is 0 Å². The van der Waals surface area contributed by atoms with Crippen LogP contribution in [0.2, 0.25) is 0 Å². The minimum absolute atomic E-state index is 0.545. The topological polar surface area (TPSA) is 8.72 Å². The van der Waals surface area contributed by atoms with Crippen molar-refractivity contribution >= 4 is 11.4 Å². The Balaban J connectivity index is 3.44. The fourth-order valence-corrected chi connectivity index (χ4v) is 1.00. The van der Waals surface area contributed by atoms with Gasteiger partial charge >= 0.3 is 0 Å². The predicted octanol–water partition coefficient (Wildman–Crippen LogP) is 3.41. The third-order valence-electron chi connectivity index (χ3n) is 1.87.